The lowest BCUT2D eigenvalue weighted by atomic mass is 10.1. The van der Waals surface area contributed by atoms with Gasteiger partial charge in [-0.15, -0.1) is 0 Å². The van der Waals surface area contributed by atoms with Crippen LogP contribution in [-0.2, 0) is 11.2 Å². The third-order valence-corrected chi connectivity index (χ3v) is 2.20. The molecule has 0 heterocycles. The summed E-state index contributed by atoms with van der Waals surface area (Å²) in [5.41, 5.74) is 1.76. The fourth-order valence-electron chi connectivity index (χ4n) is 1.21. The lowest BCUT2D eigenvalue weighted by Crippen LogP contribution is -2.02. The lowest BCUT2D eigenvalue weighted by Gasteiger charge is -2.08. The van der Waals surface area contributed by atoms with Crippen LogP contribution in [0.15, 0.2) is 36.4 Å². The second-order valence-electron chi connectivity index (χ2n) is 3.61. The van der Waals surface area contributed by atoms with Crippen molar-refractivity contribution in [3.05, 3.63) is 42.0 Å². The van der Waals surface area contributed by atoms with E-state index in [1.807, 2.05) is 13.0 Å². The molecule has 16 heavy (non-hydrogen) atoms. The second-order valence-corrected chi connectivity index (χ2v) is 3.61. The minimum absolute atomic E-state index is 0.0198. The van der Waals surface area contributed by atoms with Gasteiger partial charge in [-0.3, -0.25) is 4.79 Å². The quantitative estimate of drug-likeness (QED) is 0.750. The zero-order chi connectivity index (χ0) is 12.0. The normalized spacial score (nSPS) is 9.81. The van der Waals surface area contributed by atoms with Crippen LogP contribution in [0.5, 0.6) is 5.75 Å². The van der Waals surface area contributed by atoms with E-state index >= 15 is 0 Å². The van der Waals surface area contributed by atoms with Crippen molar-refractivity contribution < 1.29 is 14.6 Å². The van der Waals surface area contributed by atoms with E-state index in [1.54, 1.807) is 18.2 Å². The fraction of sp³-hybridized carbons (Fsp3) is 0.308. The van der Waals surface area contributed by atoms with Gasteiger partial charge in [0.05, 0.1) is 6.42 Å². The molecule has 0 aromatic heterocycles. The number of carbonyl (C=O) groups is 1. The Hall–Kier alpha value is -1.77. The molecule has 0 bridgehead atoms. The summed E-state index contributed by atoms with van der Waals surface area (Å²) in [7, 11) is 0. The smallest absolute Gasteiger partial charge is 0.307 e. The van der Waals surface area contributed by atoms with Crippen LogP contribution >= 0.6 is 0 Å². The molecule has 86 valence electrons. The Morgan fingerprint density at radius 2 is 2.25 bits per heavy atom. The number of hydrogen-bond donors (Lipinski definition) is 1. The summed E-state index contributed by atoms with van der Waals surface area (Å²) in [6.45, 7) is 6.34. The first-order valence-electron chi connectivity index (χ1n) is 5.22. The van der Waals surface area contributed by atoms with Crippen molar-refractivity contribution in [3.63, 3.8) is 0 Å². The lowest BCUT2D eigenvalue weighted by molar-refractivity contribution is -0.136. The number of ether oxygens (including phenoxy) is 1. The highest BCUT2D eigenvalue weighted by Crippen LogP contribution is 2.14. The molecular formula is C13H16O3. The molecule has 0 aliphatic rings. The van der Waals surface area contributed by atoms with Gasteiger partial charge in [0.15, 0.2) is 0 Å². The van der Waals surface area contributed by atoms with Gasteiger partial charge in [0.2, 0.25) is 0 Å². The Morgan fingerprint density at radius 1 is 1.50 bits per heavy atom. The highest BCUT2D eigenvalue weighted by molar-refractivity contribution is 5.70. The minimum atomic E-state index is -0.838. The zero-order valence-electron chi connectivity index (χ0n) is 9.40. The standard InChI is InChI=1S/C13H16O3/c1-3-10(2)9-16-12-6-4-5-11(7-12)8-13(14)15/h4-7H,2-3,8-9H2,1H3,(H,14,15). The van der Waals surface area contributed by atoms with Crippen molar-refractivity contribution in [1.29, 1.82) is 0 Å². The number of carboxylic acids is 1. The van der Waals surface area contributed by atoms with E-state index in [4.69, 9.17) is 9.84 Å². The maximum Gasteiger partial charge on any atom is 0.307 e. The summed E-state index contributed by atoms with van der Waals surface area (Å²) in [5.74, 6) is -0.150. The van der Waals surface area contributed by atoms with Crippen molar-refractivity contribution in [2.24, 2.45) is 0 Å². The Kier molecular flexibility index (Phi) is 4.58. The Balaban J connectivity index is 2.60. The van der Waals surface area contributed by atoms with E-state index in [0.717, 1.165) is 17.6 Å². The summed E-state index contributed by atoms with van der Waals surface area (Å²) >= 11 is 0. The highest BCUT2D eigenvalue weighted by atomic mass is 16.5. The van der Waals surface area contributed by atoms with E-state index in [2.05, 4.69) is 6.58 Å². The van der Waals surface area contributed by atoms with Gasteiger partial charge in [-0.05, 0) is 29.7 Å². The van der Waals surface area contributed by atoms with Crippen LogP contribution in [0, 0.1) is 0 Å². The summed E-state index contributed by atoms with van der Waals surface area (Å²) in [6, 6.07) is 7.13. The molecule has 0 fully saturated rings. The first-order valence-corrected chi connectivity index (χ1v) is 5.22. The number of rotatable bonds is 6. The molecule has 0 spiro atoms. The number of aliphatic carboxylic acids is 1. The van der Waals surface area contributed by atoms with E-state index in [0.29, 0.717) is 12.4 Å². The summed E-state index contributed by atoms with van der Waals surface area (Å²) in [4.78, 5) is 10.5. The molecule has 0 atom stereocenters. The van der Waals surface area contributed by atoms with Gasteiger partial charge < -0.3 is 9.84 Å². The molecule has 0 saturated heterocycles. The molecule has 0 aliphatic carbocycles. The minimum Gasteiger partial charge on any atom is -0.489 e. The van der Waals surface area contributed by atoms with Crippen molar-refractivity contribution in [2.45, 2.75) is 19.8 Å². The van der Waals surface area contributed by atoms with Gasteiger partial charge in [0.25, 0.3) is 0 Å². The molecule has 0 aliphatic heterocycles. The van der Waals surface area contributed by atoms with Gasteiger partial charge in [-0.2, -0.15) is 0 Å². The fourth-order valence-corrected chi connectivity index (χ4v) is 1.21. The van der Waals surface area contributed by atoms with Crippen LogP contribution in [-0.4, -0.2) is 17.7 Å². The zero-order valence-corrected chi connectivity index (χ0v) is 9.40. The highest BCUT2D eigenvalue weighted by Gasteiger charge is 2.02. The molecule has 0 radical (unpaired) electrons. The van der Waals surface area contributed by atoms with Crippen LogP contribution in [0.2, 0.25) is 0 Å². The predicted octanol–water partition coefficient (Wildman–Crippen LogP) is 2.66. The Labute approximate surface area is 95.4 Å². The summed E-state index contributed by atoms with van der Waals surface area (Å²) in [6.07, 6.45) is 0.904. The van der Waals surface area contributed by atoms with E-state index in [1.165, 1.54) is 0 Å². The third-order valence-electron chi connectivity index (χ3n) is 2.20. The van der Waals surface area contributed by atoms with Gasteiger partial charge >= 0.3 is 5.97 Å². The van der Waals surface area contributed by atoms with Crippen LogP contribution in [0.3, 0.4) is 0 Å². The maximum absolute atomic E-state index is 10.5. The molecule has 3 heteroatoms. The van der Waals surface area contributed by atoms with Gasteiger partial charge in [-0.25, -0.2) is 0 Å². The average Bonchev–Trinajstić information content (AvgIpc) is 2.25. The number of carboxylic acid groups (broad SMARTS) is 1. The van der Waals surface area contributed by atoms with Crippen LogP contribution in [0.25, 0.3) is 0 Å². The van der Waals surface area contributed by atoms with Crippen molar-refractivity contribution >= 4 is 5.97 Å². The summed E-state index contributed by atoms with van der Waals surface area (Å²) < 4.78 is 5.49. The molecule has 1 rings (SSSR count). The molecule has 0 saturated carbocycles. The van der Waals surface area contributed by atoms with Gasteiger partial charge in [0.1, 0.15) is 12.4 Å². The number of hydrogen-bond acceptors (Lipinski definition) is 2. The largest absolute Gasteiger partial charge is 0.489 e. The first kappa shape index (κ1) is 12.3. The van der Waals surface area contributed by atoms with E-state index < -0.39 is 5.97 Å². The monoisotopic (exact) mass is 220 g/mol. The SMILES string of the molecule is C=C(CC)COc1cccc(CC(=O)O)c1. The molecular weight excluding hydrogens is 204 g/mol. The van der Waals surface area contributed by atoms with E-state index in [-0.39, 0.29) is 6.42 Å². The van der Waals surface area contributed by atoms with Crippen LogP contribution in [0.4, 0.5) is 0 Å². The van der Waals surface area contributed by atoms with Gasteiger partial charge in [-0.1, -0.05) is 25.6 Å². The maximum atomic E-state index is 10.5. The second kappa shape index (κ2) is 5.95. The van der Waals surface area contributed by atoms with Crippen molar-refractivity contribution in [3.8, 4) is 5.75 Å². The van der Waals surface area contributed by atoms with Crippen molar-refractivity contribution in [1.82, 2.24) is 0 Å². The molecule has 1 aromatic rings. The average molecular weight is 220 g/mol. The molecule has 3 nitrogen and oxygen atoms in total. The summed E-state index contributed by atoms with van der Waals surface area (Å²) in [5, 5.41) is 8.66. The Morgan fingerprint density at radius 3 is 2.88 bits per heavy atom. The van der Waals surface area contributed by atoms with Crippen LogP contribution in [0.1, 0.15) is 18.9 Å². The third kappa shape index (κ3) is 4.17. The predicted molar refractivity (Wildman–Crippen MR) is 62.7 cm³/mol. The molecule has 1 N–H and O–H groups in total. The van der Waals surface area contributed by atoms with Crippen LogP contribution < -0.4 is 4.74 Å². The van der Waals surface area contributed by atoms with Gasteiger partial charge in [0, 0.05) is 0 Å². The first-order chi connectivity index (χ1) is 7.61. The van der Waals surface area contributed by atoms with Crippen molar-refractivity contribution in [2.75, 3.05) is 6.61 Å². The van der Waals surface area contributed by atoms with E-state index in [9.17, 15) is 4.79 Å². The molecule has 0 unspecified atom stereocenters. The molecule has 1 aromatic carbocycles. The molecule has 0 amide bonds. The number of benzene rings is 1. The topological polar surface area (TPSA) is 46.5 Å². The Bertz CT molecular complexity index is 383.